The van der Waals surface area contributed by atoms with E-state index < -0.39 is 6.04 Å². The topological polar surface area (TPSA) is 90.3 Å². The number of hydrogen-bond donors (Lipinski definition) is 2. The van der Waals surface area contributed by atoms with E-state index >= 15 is 0 Å². The Kier molecular flexibility index (Phi) is 6.38. The van der Waals surface area contributed by atoms with Crippen molar-refractivity contribution < 1.29 is 14.4 Å². The lowest BCUT2D eigenvalue weighted by Gasteiger charge is -2.24. The molecule has 1 aromatic carbocycles. The second-order valence-electron chi connectivity index (χ2n) is 5.10. The van der Waals surface area contributed by atoms with E-state index in [0.717, 1.165) is 0 Å². The van der Waals surface area contributed by atoms with Crippen LogP contribution in [0.1, 0.15) is 26.3 Å². The average molecular weight is 315 g/mol. The summed E-state index contributed by atoms with van der Waals surface area (Å²) in [6.45, 7) is 7.83. The molecule has 0 saturated carbocycles. The van der Waals surface area contributed by atoms with Gasteiger partial charge in [-0.15, -0.1) is 0 Å². The van der Waals surface area contributed by atoms with E-state index in [1.54, 1.807) is 31.2 Å². The van der Waals surface area contributed by atoms with E-state index in [0.29, 0.717) is 11.3 Å². The van der Waals surface area contributed by atoms with Gasteiger partial charge < -0.3 is 10.2 Å². The maximum Gasteiger partial charge on any atom is 0.246 e. The number of ketones is 2. The molecule has 1 atom stereocenters. The standard InChI is InChI=1S/C17H21N3O3/c1-5-20(11(2)12(3)21)16(23)10-19-15-9-7-6-8-14(15)17(18)13(4)22/h5-9,11,18-19H,1,10H2,2-4H3/t11-/m0/s1. The first-order chi connectivity index (χ1) is 10.8. The number of para-hydroxylation sites is 1. The minimum absolute atomic E-state index is 0.0775. The molecule has 2 N–H and O–H groups in total. The van der Waals surface area contributed by atoms with Gasteiger partial charge in [-0.05, 0) is 19.9 Å². The van der Waals surface area contributed by atoms with Crippen LogP contribution in [-0.4, -0.2) is 40.7 Å². The van der Waals surface area contributed by atoms with E-state index in [1.807, 2.05) is 0 Å². The highest BCUT2D eigenvalue weighted by molar-refractivity contribution is 6.45. The fraction of sp³-hybridized carbons (Fsp3) is 0.294. The SMILES string of the molecule is C=CN(C(=O)CNc1ccccc1C(=N)C(C)=O)[C@@H](C)C(C)=O. The molecular weight excluding hydrogens is 294 g/mol. The summed E-state index contributed by atoms with van der Waals surface area (Å²) in [4.78, 5) is 36.3. The average Bonchev–Trinajstić information content (AvgIpc) is 2.52. The van der Waals surface area contributed by atoms with Gasteiger partial charge in [0.2, 0.25) is 5.91 Å². The Morgan fingerprint density at radius 3 is 2.43 bits per heavy atom. The Balaban J connectivity index is 2.88. The van der Waals surface area contributed by atoms with Crippen molar-refractivity contribution in [1.29, 1.82) is 5.41 Å². The number of nitrogens with one attached hydrogen (secondary N) is 2. The minimum Gasteiger partial charge on any atom is -0.376 e. The van der Waals surface area contributed by atoms with E-state index in [1.165, 1.54) is 24.9 Å². The molecule has 1 amide bonds. The molecule has 0 bridgehead atoms. The summed E-state index contributed by atoms with van der Waals surface area (Å²) in [6.07, 6.45) is 1.32. The van der Waals surface area contributed by atoms with Crippen LogP contribution in [0, 0.1) is 5.41 Å². The van der Waals surface area contributed by atoms with Crippen molar-refractivity contribution in [3.05, 3.63) is 42.6 Å². The van der Waals surface area contributed by atoms with Crippen LogP contribution in [0.2, 0.25) is 0 Å². The van der Waals surface area contributed by atoms with Crippen LogP contribution in [0.4, 0.5) is 5.69 Å². The normalized spacial score (nSPS) is 11.3. The van der Waals surface area contributed by atoms with Crippen molar-refractivity contribution in [2.24, 2.45) is 0 Å². The quantitative estimate of drug-likeness (QED) is 0.718. The van der Waals surface area contributed by atoms with Crippen LogP contribution in [0.15, 0.2) is 37.0 Å². The third-order valence-electron chi connectivity index (χ3n) is 3.47. The molecule has 0 unspecified atom stereocenters. The second-order valence-corrected chi connectivity index (χ2v) is 5.10. The second kappa shape index (κ2) is 8.03. The zero-order valence-electron chi connectivity index (χ0n) is 13.6. The predicted octanol–water partition coefficient (Wildman–Crippen LogP) is 2.00. The van der Waals surface area contributed by atoms with Crippen LogP contribution in [-0.2, 0) is 14.4 Å². The molecule has 0 aromatic heterocycles. The fourth-order valence-electron chi connectivity index (χ4n) is 1.98. The summed E-state index contributed by atoms with van der Waals surface area (Å²) >= 11 is 0. The molecule has 122 valence electrons. The van der Waals surface area contributed by atoms with Crippen LogP contribution in [0.25, 0.3) is 0 Å². The Labute approximate surface area is 135 Å². The molecule has 0 aliphatic heterocycles. The van der Waals surface area contributed by atoms with Crippen molar-refractivity contribution >= 4 is 28.9 Å². The maximum atomic E-state index is 12.2. The summed E-state index contributed by atoms with van der Waals surface area (Å²) in [6, 6.07) is 6.20. The number of benzene rings is 1. The van der Waals surface area contributed by atoms with Crippen molar-refractivity contribution in [3.8, 4) is 0 Å². The molecule has 0 aliphatic carbocycles. The molecule has 0 heterocycles. The number of rotatable bonds is 8. The van der Waals surface area contributed by atoms with Crippen LogP contribution >= 0.6 is 0 Å². The van der Waals surface area contributed by atoms with Crippen LogP contribution < -0.4 is 5.32 Å². The molecule has 23 heavy (non-hydrogen) atoms. The van der Waals surface area contributed by atoms with Gasteiger partial charge in [0.1, 0.15) is 5.71 Å². The Morgan fingerprint density at radius 2 is 1.91 bits per heavy atom. The summed E-state index contributed by atoms with van der Waals surface area (Å²) in [5.74, 6) is -0.827. The zero-order chi connectivity index (χ0) is 17.6. The molecule has 0 spiro atoms. The van der Waals surface area contributed by atoms with Crippen molar-refractivity contribution in [1.82, 2.24) is 4.90 Å². The van der Waals surface area contributed by atoms with E-state index in [2.05, 4.69) is 11.9 Å². The molecule has 0 saturated heterocycles. The molecular formula is C17H21N3O3. The van der Waals surface area contributed by atoms with Gasteiger partial charge >= 0.3 is 0 Å². The van der Waals surface area contributed by atoms with Gasteiger partial charge in [0.25, 0.3) is 0 Å². The monoisotopic (exact) mass is 315 g/mol. The Bertz CT molecular complexity index is 652. The lowest BCUT2D eigenvalue weighted by Crippen LogP contribution is -2.41. The van der Waals surface area contributed by atoms with Gasteiger partial charge in [0.15, 0.2) is 11.6 Å². The van der Waals surface area contributed by atoms with E-state index in [4.69, 9.17) is 5.41 Å². The van der Waals surface area contributed by atoms with Gasteiger partial charge in [-0.2, -0.15) is 0 Å². The van der Waals surface area contributed by atoms with Gasteiger partial charge in [-0.25, -0.2) is 0 Å². The highest BCUT2D eigenvalue weighted by Crippen LogP contribution is 2.16. The number of nitrogens with zero attached hydrogens (tertiary/aromatic N) is 1. The lowest BCUT2D eigenvalue weighted by molar-refractivity contribution is -0.133. The summed E-state index contributed by atoms with van der Waals surface area (Å²) in [7, 11) is 0. The summed E-state index contributed by atoms with van der Waals surface area (Å²) in [5.41, 5.74) is 0.816. The molecule has 0 radical (unpaired) electrons. The Morgan fingerprint density at radius 1 is 1.30 bits per heavy atom. The minimum atomic E-state index is -0.590. The highest BCUT2D eigenvalue weighted by atomic mass is 16.2. The summed E-state index contributed by atoms with van der Waals surface area (Å²) < 4.78 is 0. The predicted molar refractivity (Wildman–Crippen MR) is 89.6 cm³/mol. The number of Topliss-reactive ketones (excluding diaryl/α,β-unsaturated/α-hetero) is 2. The van der Waals surface area contributed by atoms with Crippen LogP contribution in [0.3, 0.4) is 0 Å². The first-order valence-corrected chi connectivity index (χ1v) is 7.16. The Hall–Kier alpha value is -2.76. The molecule has 6 heteroatoms. The number of carbonyl (C=O) groups excluding carboxylic acids is 3. The van der Waals surface area contributed by atoms with Gasteiger partial charge in [0.05, 0.1) is 12.6 Å². The molecule has 1 aromatic rings. The molecule has 0 fully saturated rings. The fourth-order valence-corrected chi connectivity index (χ4v) is 1.98. The third-order valence-corrected chi connectivity index (χ3v) is 3.47. The van der Waals surface area contributed by atoms with Crippen molar-refractivity contribution in [2.45, 2.75) is 26.8 Å². The number of amides is 1. The number of anilines is 1. The smallest absolute Gasteiger partial charge is 0.246 e. The molecule has 1 rings (SSSR count). The zero-order valence-corrected chi connectivity index (χ0v) is 13.6. The van der Waals surface area contributed by atoms with E-state index in [9.17, 15) is 14.4 Å². The van der Waals surface area contributed by atoms with Crippen molar-refractivity contribution in [2.75, 3.05) is 11.9 Å². The lowest BCUT2D eigenvalue weighted by atomic mass is 10.1. The van der Waals surface area contributed by atoms with E-state index in [-0.39, 0.29) is 29.7 Å². The third kappa shape index (κ3) is 4.60. The van der Waals surface area contributed by atoms with Gasteiger partial charge in [-0.1, -0.05) is 24.8 Å². The first kappa shape index (κ1) is 18.3. The summed E-state index contributed by atoms with van der Waals surface area (Å²) in [5, 5.41) is 10.7. The van der Waals surface area contributed by atoms with Crippen LogP contribution in [0.5, 0.6) is 0 Å². The van der Waals surface area contributed by atoms with Gasteiger partial charge in [0, 0.05) is 24.4 Å². The highest BCUT2D eigenvalue weighted by Gasteiger charge is 2.21. The van der Waals surface area contributed by atoms with Gasteiger partial charge in [-0.3, -0.25) is 19.8 Å². The first-order valence-electron chi connectivity index (χ1n) is 7.16. The maximum absolute atomic E-state index is 12.2. The molecule has 6 nitrogen and oxygen atoms in total. The number of hydrogen-bond acceptors (Lipinski definition) is 5. The molecule has 0 aliphatic rings. The number of carbonyl (C=O) groups is 3. The largest absolute Gasteiger partial charge is 0.376 e. The van der Waals surface area contributed by atoms with Crippen molar-refractivity contribution in [3.63, 3.8) is 0 Å².